The Hall–Kier alpha value is -2.51. The molecule has 3 rings (SSSR count). The van der Waals surface area contributed by atoms with Crippen molar-refractivity contribution in [3.05, 3.63) is 57.4 Å². The van der Waals surface area contributed by atoms with E-state index in [0.29, 0.717) is 0 Å². The minimum Gasteiger partial charge on any atom is -0.349 e. The Morgan fingerprint density at radius 2 is 1.86 bits per heavy atom. The van der Waals surface area contributed by atoms with Gasteiger partial charge < -0.3 is 9.88 Å². The van der Waals surface area contributed by atoms with Gasteiger partial charge in [0.05, 0.1) is 0 Å². The van der Waals surface area contributed by atoms with Crippen LogP contribution in [0.25, 0.3) is 11.8 Å². The maximum atomic E-state index is 12.7. The fourth-order valence-electron chi connectivity index (χ4n) is 4.09. The number of aryl methyl sites for hydroxylation is 2. The molecule has 1 aromatic carbocycles. The van der Waals surface area contributed by atoms with Gasteiger partial charge >= 0.3 is 0 Å². The molecular weight excluding hydrogens is 382 g/mol. The van der Waals surface area contributed by atoms with E-state index in [0.717, 1.165) is 58.9 Å². The Bertz CT molecular complexity index is 973. The zero-order chi connectivity index (χ0) is 21.0. The van der Waals surface area contributed by atoms with Crippen molar-refractivity contribution in [3.63, 3.8) is 0 Å². The van der Waals surface area contributed by atoms with Gasteiger partial charge in [-0.2, -0.15) is 5.26 Å². The topological polar surface area (TPSA) is 57.8 Å². The van der Waals surface area contributed by atoms with Gasteiger partial charge in [-0.3, -0.25) is 4.79 Å². The van der Waals surface area contributed by atoms with Crippen molar-refractivity contribution in [1.82, 2.24) is 9.88 Å². The van der Waals surface area contributed by atoms with Gasteiger partial charge in [0.15, 0.2) is 0 Å². The lowest BCUT2D eigenvalue weighted by Gasteiger charge is -2.15. The largest absolute Gasteiger partial charge is 0.349 e. The summed E-state index contributed by atoms with van der Waals surface area (Å²) in [5, 5.41) is 13.4. The summed E-state index contributed by atoms with van der Waals surface area (Å²) < 4.78 is 2.12. The van der Waals surface area contributed by atoms with E-state index >= 15 is 0 Å². The van der Waals surface area contributed by atoms with Crippen LogP contribution in [-0.4, -0.2) is 16.5 Å². The van der Waals surface area contributed by atoms with E-state index in [-0.39, 0.29) is 17.5 Å². The van der Waals surface area contributed by atoms with Crippen LogP contribution >= 0.6 is 11.6 Å². The molecule has 1 aromatic heterocycles. The molecule has 1 saturated carbocycles. The van der Waals surface area contributed by atoms with Crippen molar-refractivity contribution >= 4 is 23.6 Å². The molecule has 0 spiro atoms. The molecule has 0 unspecified atom stereocenters. The molecule has 2 aromatic rings. The van der Waals surface area contributed by atoms with Crippen LogP contribution in [0.4, 0.5) is 0 Å². The van der Waals surface area contributed by atoms with Crippen molar-refractivity contribution < 1.29 is 4.79 Å². The Labute approximate surface area is 178 Å². The molecule has 1 aliphatic carbocycles. The third-order valence-corrected chi connectivity index (χ3v) is 6.15. The van der Waals surface area contributed by atoms with Gasteiger partial charge in [-0.05, 0) is 75.1 Å². The van der Waals surface area contributed by atoms with E-state index in [1.165, 1.54) is 12.8 Å². The van der Waals surface area contributed by atoms with Crippen molar-refractivity contribution in [2.75, 3.05) is 0 Å². The molecule has 5 heteroatoms. The number of aromatic nitrogens is 1. The van der Waals surface area contributed by atoms with E-state index in [2.05, 4.69) is 16.0 Å². The first kappa shape index (κ1) is 21.2. The van der Waals surface area contributed by atoms with E-state index in [4.69, 9.17) is 11.6 Å². The number of benzene rings is 1. The summed E-state index contributed by atoms with van der Waals surface area (Å²) in [5.41, 5.74) is 5.08. The number of hydrogen-bond acceptors (Lipinski definition) is 2. The van der Waals surface area contributed by atoms with Gasteiger partial charge in [0.2, 0.25) is 0 Å². The summed E-state index contributed by atoms with van der Waals surface area (Å²) >= 11 is 6.17. The second-order valence-corrected chi connectivity index (χ2v) is 8.33. The second kappa shape index (κ2) is 9.33. The molecule has 4 nitrogen and oxygen atoms in total. The minimum atomic E-state index is -0.272. The van der Waals surface area contributed by atoms with Gasteiger partial charge in [0.25, 0.3) is 5.91 Å². The number of hydrogen-bond donors (Lipinski definition) is 1. The molecule has 0 bridgehead atoms. The molecule has 152 valence electrons. The maximum absolute atomic E-state index is 12.7. The molecule has 1 aliphatic rings. The van der Waals surface area contributed by atoms with Gasteiger partial charge in [-0.25, -0.2) is 0 Å². The Balaban J connectivity index is 1.87. The number of nitrogens with one attached hydrogen (secondary N) is 1. The molecular formula is C24H28ClN3O. The van der Waals surface area contributed by atoms with Crippen LogP contribution in [0.5, 0.6) is 0 Å². The van der Waals surface area contributed by atoms with Crippen LogP contribution in [0.2, 0.25) is 5.02 Å². The van der Waals surface area contributed by atoms with Crippen LogP contribution < -0.4 is 5.32 Å². The van der Waals surface area contributed by atoms with Crippen molar-refractivity contribution in [2.24, 2.45) is 0 Å². The summed E-state index contributed by atoms with van der Waals surface area (Å²) in [6, 6.07) is 10.2. The number of halogens is 1. The average molecular weight is 410 g/mol. The Kier molecular flexibility index (Phi) is 6.82. The highest BCUT2D eigenvalue weighted by molar-refractivity contribution is 6.31. The van der Waals surface area contributed by atoms with Crippen LogP contribution in [0, 0.1) is 32.1 Å². The molecule has 1 N–H and O–H groups in total. The zero-order valence-corrected chi connectivity index (χ0v) is 18.1. The van der Waals surface area contributed by atoms with E-state index < -0.39 is 0 Å². The van der Waals surface area contributed by atoms with Crippen molar-refractivity contribution in [1.29, 1.82) is 5.26 Å². The molecule has 1 heterocycles. The van der Waals surface area contributed by atoms with Crippen LogP contribution in [0.3, 0.4) is 0 Å². The SMILES string of the molecule is Cc1cc(-n2c(C)cc(C=C(C#N)C(=O)NC3CCCCCC3)c2C)ccc1Cl. The first-order valence-electron chi connectivity index (χ1n) is 10.3. The fraction of sp³-hybridized carbons (Fsp3) is 0.417. The highest BCUT2D eigenvalue weighted by atomic mass is 35.5. The highest BCUT2D eigenvalue weighted by Crippen LogP contribution is 2.26. The number of amides is 1. The molecule has 1 amide bonds. The van der Waals surface area contributed by atoms with Gasteiger partial charge in [0.1, 0.15) is 11.6 Å². The van der Waals surface area contributed by atoms with Gasteiger partial charge in [0, 0.05) is 28.1 Å². The van der Waals surface area contributed by atoms with E-state index in [1.807, 2.05) is 45.0 Å². The normalized spacial score (nSPS) is 15.6. The first-order chi connectivity index (χ1) is 13.9. The highest BCUT2D eigenvalue weighted by Gasteiger charge is 2.18. The molecule has 0 aliphatic heterocycles. The number of carbonyl (C=O) groups is 1. The summed E-state index contributed by atoms with van der Waals surface area (Å²) in [6.45, 7) is 6.00. The Morgan fingerprint density at radius 1 is 1.17 bits per heavy atom. The number of rotatable bonds is 4. The molecule has 0 radical (unpaired) electrons. The number of nitrogens with zero attached hydrogens (tertiary/aromatic N) is 2. The summed E-state index contributed by atoms with van der Waals surface area (Å²) in [6.07, 6.45) is 8.42. The first-order valence-corrected chi connectivity index (χ1v) is 10.7. The zero-order valence-electron chi connectivity index (χ0n) is 17.4. The smallest absolute Gasteiger partial charge is 0.262 e. The third-order valence-electron chi connectivity index (χ3n) is 5.73. The monoisotopic (exact) mass is 409 g/mol. The lowest BCUT2D eigenvalue weighted by atomic mass is 10.1. The van der Waals surface area contributed by atoms with Crippen molar-refractivity contribution in [2.45, 2.75) is 65.3 Å². The number of nitriles is 1. The maximum Gasteiger partial charge on any atom is 0.262 e. The van der Waals surface area contributed by atoms with Crippen LogP contribution in [0.1, 0.15) is 61.0 Å². The van der Waals surface area contributed by atoms with Crippen LogP contribution in [-0.2, 0) is 4.79 Å². The molecule has 1 fully saturated rings. The molecule has 29 heavy (non-hydrogen) atoms. The summed E-state index contributed by atoms with van der Waals surface area (Å²) in [7, 11) is 0. The summed E-state index contributed by atoms with van der Waals surface area (Å²) in [4.78, 5) is 12.7. The van der Waals surface area contributed by atoms with E-state index in [9.17, 15) is 10.1 Å². The van der Waals surface area contributed by atoms with E-state index in [1.54, 1.807) is 6.08 Å². The predicted molar refractivity (Wildman–Crippen MR) is 118 cm³/mol. The Morgan fingerprint density at radius 3 is 2.48 bits per heavy atom. The lowest BCUT2D eigenvalue weighted by Crippen LogP contribution is -2.35. The molecule has 0 atom stereocenters. The van der Waals surface area contributed by atoms with Crippen LogP contribution in [0.15, 0.2) is 29.8 Å². The van der Waals surface area contributed by atoms with Gasteiger partial charge in [-0.1, -0.05) is 37.3 Å². The second-order valence-electron chi connectivity index (χ2n) is 7.93. The standard InChI is InChI=1S/C24H28ClN3O/c1-16-12-22(10-11-23(16)25)28-17(2)13-19(18(28)3)14-20(15-26)24(29)27-21-8-6-4-5-7-9-21/h10-14,21H,4-9H2,1-3H3,(H,27,29). The third kappa shape index (κ3) is 4.92. The summed E-state index contributed by atoms with van der Waals surface area (Å²) in [5.74, 6) is -0.272. The predicted octanol–water partition coefficient (Wildman–Crippen LogP) is 5.80. The van der Waals surface area contributed by atoms with Gasteiger partial charge in [-0.15, -0.1) is 0 Å². The van der Waals surface area contributed by atoms with Crippen molar-refractivity contribution in [3.8, 4) is 11.8 Å². The number of carbonyl (C=O) groups excluding carboxylic acids is 1. The minimum absolute atomic E-state index is 0.154. The molecule has 0 saturated heterocycles. The quantitative estimate of drug-likeness (QED) is 0.394. The fourth-order valence-corrected chi connectivity index (χ4v) is 4.21. The average Bonchev–Trinajstić information content (AvgIpc) is 2.86. The lowest BCUT2D eigenvalue weighted by molar-refractivity contribution is -0.117.